The molecule has 276 valence electrons. The number of carbonyl (C=O) groups is 2. The van der Waals surface area contributed by atoms with Crippen molar-refractivity contribution in [1.29, 1.82) is 0 Å². The van der Waals surface area contributed by atoms with Crippen molar-refractivity contribution in [2.24, 2.45) is 0 Å². The number of carbonyl (C=O) groups excluding carboxylic acids is 2. The summed E-state index contributed by atoms with van der Waals surface area (Å²) in [4.78, 5) is 30.2. The molecule has 0 heterocycles. The summed E-state index contributed by atoms with van der Waals surface area (Å²) < 4.78 is 61.6. The number of benzene rings is 4. The summed E-state index contributed by atoms with van der Waals surface area (Å²) in [7, 11) is -1.60. The van der Waals surface area contributed by atoms with E-state index in [2.05, 4.69) is 5.32 Å². The van der Waals surface area contributed by atoms with Gasteiger partial charge in [-0.15, -0.1) is 0 Å². The first-order valence-corrected chi connectivity index (χ1v) is 18.9. The summed E-state index contributed by atoms with van der Waals surface area (Å²) in [5.74, 6) is -0.590. The van der Waals surface area contributed by atoms with Crippen molar-refractivity contribution in [2.45, 2.75) is 69.0 Å². The van der Waals surface area contributed by atoms with Crippen LogP contribution in [0.5, 0.6) is 17.2 Å². The molecule has 0 unspecified atom stereocenters. The van der Waals surface area contributed by atoms with Crippen LogP contribution in [0.15, 0.2) is 102 Å². The number of hydrogen-bond acceptors (Lipinski definition) is 7. The number of sulfonamides is 1. The highest BCUT2D eigenvalue weighted by Gasteiger charge is 2.36. The van der Waals surface area contributed by atoms with Crippen LogP contribution in [0.3, 0.4) is 0 Å². The number of anilines is 1. The largest absolute Gasteiger partial charge is 0.494 e. The number of rotatable bonds is 16. The number of nitrogens with zero attached hydrogens (tertiary/aromatic N) is 2. The molecule has 5 rings (SSSR count). The smallest absolute Gasteiger partial charge is 0.264 e. The van der Waals surface area contributed by atoms with Gasteiger partial charge in [-0.25, -0.2) is 12.8 Å². The lowest BCUT2D eigenvalue weighted by atomic mass is 9.94. The number of halogens is 1. The maximum atomic E-state index is 15.3. The average Bonchev–Trinajstić information content (AvgIpc) is 3.16. The van der Waals surface area contributed by atoms with E-state index in [0.29, 0.717) is 18.1 Å². The molecule has 1 aliphatic rings. The van der Waals surface area contributed by atoms with Gasteiger partial charge in [-0.1, -0.05) is 67.8 Å². The maximum Gasteiger partial charge on any atom is 0.264 e. The molecule has 2 amide bonds. The zero-order chi connectivity index (χ0) is 37.1. The third-order valence-corrected chi connectivity index (χ3v) is 10.9. The summed E-state index contributed by atoms with van der Waals surface area (Å²) in [6.07, 6.45) is 4.83. The summed E-state index contributed by atoms with van der Waals surface area (Å²) in [5, 5.41) is 3.16. The van der Waals surface area contributed by atoms with Crippen LogP contribution in [-0.2, 0) is 32.6 Å². The van der Waals surface area contributed by atoms with Crippen molar-refractivity contribution in [1.82, 2.24) is 10.2 Å². The Kier molecular flexibility index (Phi) is 13.1. The first kappa shape index (κ1) is 38.1. The zero-order valence-corrected chi connectivity index (χ0v) is 30.6. The number of ether oxygens (including phenoxy) is 3. The van der Waals surface area contributed by atoms with E-state index in [4.69, 9.17) is 14.2 Å². The zero-order valence-electron chi connectivity index (χ0n) is 29.8. The summed E-state index contributed by atoms with van der Waals surface area (Å²) in [6, 6.07) is 24.7. The average molecular weight is 732 g/mol. The minimum atomic E-state index is -4.44. The van der Waals surface area contributed by atoms with Gasteiger partial charge in [-0.3, -0.25) is 13.9 Å². The number of methoxy groups -OCH3 is 2. The molecule has 4 aromatic carbocycles. The second kappa shape index (κ2) is 17.9. The maximum absolute atomic E-state index is 15.3. The second-order valence-corrected chi connectivity index (χ2v) is 14.5. The van der Waals surface area contributed by atoms with E-state index in [1.807, 2.05) is 37.3 Å². The van der Waals surface area contributed by atoms with Crippen molar-refractivity contribution in [3.63, 3.8) is 0 Å². The first-order valence-electron chi connectivity index (χ1n) is 17.5. The Morgan fingerprint density at radius 2 is 1.54 bits per heavy atom. The topological polar surface area (TPSA) is 114 Å². The molecule has 52 heavy (non-hydrogen) atoms. The van der Waals surface area contributed by atoms with Gasteiger partial charge in [-0.05, 0) is 67.8 Å². The molecule has 1 fully saturated rings. The Balaban J connectivity index is 1.59. The van der Waals surface area contributed by atoms with E-state index in [1.54, 1.807) is 42.5 Å². The van der Waals surface area contributed by atoms with Gasteiger partial charge in [-0.2, -0.15) is 0 Å². The molecule has 0 spiro atoms. The monoisotopic (exact) mass is 731 g/mol. The molecule has 1 aliphatic carbocycles. The minimum Gasteiger partial charge on any atom is -0.494 e. The highest BCUT2D eigenvalue weighted by Crippen LogP contribution is 2.33. The standard InChI is InChI=1S/C40H46FN3O7S/c1-4-51-33-21-19-32(20-22-33)44(52(47,48)34-23-24-37(49-2)38(26-34)50-3)28-39(45)43(27-30-15-11-12-18-35(30)41)36(25-29-13-7-5-8-14-29)40(46)42-31-16-9-6-10-17-31/h5,7-8,11-15,18-24,26,31,36H,4,6,9-10,16-17,25,27-28H2,1-3H3,(H,42,46)/t36-/m1/s1. The van der Waals surface area contributed by atoms with Crippen LogP contribution in [0.4, 0.5) is 10.1 Å². The van der Waals surface area contributed by atoms with E-state index in [1.165, 1.54) is 43.4 Å². The Bertz CT molecular complexity index is 1900. The van der Waals surface area contributed by atoms with Crippen molar-refractivity contribution < 1.29 is 36.6 Å². The van der Waals surface area contributed by atoms with E-state index in [9.17, 15) is 18.0 Å². The molecule has 1 saturated carbocycles. The van der Waals surface area contributed by atoms with Gasteiger partial charge in [0.05, 0.1) is 31.4 Å². The van der Waals surface area contributed by atoms with Crippen LogP contribution in [0, 0.1) is 5.82 Å². The SMILES string of the molecule is CCOc1ccc(N(CC(=O)N(Cc2ccccc2F)[C@H](Cc2ccccc2)C(=O)NC2CCCCC2)S(=O)(=O)c2ccc(OC)c(OC)c2)cc1. The van der Waals surface area contributed by atoms with Gasteiger partial charge in [0.15, 0.2) is 11.5 Å². The molecular weight excluding hydrogens is 686 g/mol. The Morgan fingerprint density at radius 3 is 2.19 bits per heavy atom. The first-order chi connectivity index (χ1) is 25.1. The predicted octanol–water partition coefficient (Wildman–Crippen LogP) is 6.53. The molecule has 0 bridgehead atoms. The van der Waals surface area contributed by atoms with Gasteiger partial charge in [0.25, 0.3) is 10.0 Å². The molecule has 0 saturated heterocycles. The molecule has 1 N–H and O–H groups in total. The third kappa shape index (κ3) is 9.41. The Labute approximate surface area is 305 Å². The lowest BCUT2D eigenvalue weighted by Crippen LogP contribution is -2.55. The molecule has 12 heteroatoms. The number of hydrogen-bond donors (Lipinski definition) is 1. The van der Waals surface area contributed by atoms with Gasteiger partial charge in [0, 0.05) is 30.6 Å². The van der Waals surface area contributed by atoms with Crippen molar-refractivity contribution in [3.8, 4) is 17.2 Å². The Morgan fingerprint density at radius 1 is 0.865 bits per heavy atom. The fourth-order valence-corrected chi connectivity index (χ4v) is 7.85. The quantitative estimate of drug-likeness (QED) is 0.140. The van der Waals surface area contributed by atoms with Crippen LogP contribution in [-0.4, -0.2) is 64.6 Å². The molecular formula is C40H46FN3O7S. The summed E-state index contributed by atoms with van der Waals surface area (Å²) in [6.45, 7) is 1.28. The van der Waals surface area contributed by atoms with Crippen molar-refractivity contribution in [3.05, 3.63) is 114 Å². The van der Waals surface area contributed by atoms with Crippen LogP contribution >= 0.6 is 0 Å². The highest BCUT2D eigenvalue weighted by atomic mass is 32.2. The number of amides is 2. The molecule has 1 atom stereocenters. The van der Waals surface area contributed by atoms with E-state index in [0.717, 1.165) is 42.0 Å². The Hall–Kier alpha value is -5.10. The lowest BCUT2D eigenvalue weighted by Gasteiger charge is -2.35. The fourth-order valence-electron chi connectivity index (χ4n) is 6.42. The molecule has 0 aromatic heterocycles. The lowest BCUT2D eigenvalue weighted by molar-refractivity contribution is -0.140. The third-order valence-electron chi connectivity index (χ3n) is 9.18. The molecule has 10 nitrogen and oxygen atoms in total. The van der Waals surface area contributed by atoms with Crippen LogP contribution in [0.25, 0.3) is 0 Å². The van der Waals surface area contributed by atoms with Crippen LogP contribution < -0.4 is 23.8 Å². The molecule has 0 aliphatic heterocycles. The van der Waals surface area contributed by atoms with Crippen molar-refractivity contribution in [2.75, 3.05) is 31.7 Å². The summed E-state index contributed by atoms with van der Waals surface area (Å²) in [5.41, 5.74) is 1.16. The van der Waals surface area contributed by atoms with Gasteiger partial charge >= 0.3 is 0 Å². The van der Waals surface area contributed by atoms with Gasteiger partial charge in [0.1, 0.15) is 24.2 Å². The van der Waals surface area contributed by atoms with Crippen molar-refractivity contribution >= 4 is 27.5 Å². The molecule has 4 aromatic rings. The summed E-state index contributed by atoms with van der Waals surface area (Å²) >= 11 is 0. The second-order valence-electron chi connectivity index (χ2n) is 12.6. The van der Waals surface area contributed by atoms with E-state index < -0.39 is 34.3 Å². The number of nitrogens with one attached hydrogen (secondary N) is 1. The van der Waals surface area contributed by atoms with E-state index >= 15 is 4.39 Å². The fraction of sp³-hybridized carbons (Fsp3) is 0.350. The van der Waals surface area contributed by atoms with Crippen LogP contribution in [0.2, 0.25) is 0 Å². The minimum absolute atomic E-state index is 0.0595. The normalized spacial score (nSPS) is 13.8. The van der Waals surface area contributed by atoms with Crippen LogP contribution in [0.1, 0.15) is 50.2 Å². The molecule has 0 radical (unpaired) electrons. The predicted molar refractivity (Wildman–Crippen MR) is 198 cm³/mol. The highest BCUT2D eigenvalue weighted by molar-refractivity contribution is 7.92. The van der Waals surface area contributed by atoms with Gasteiger partial charge < -0.3 is 24.4 Å². The van der Waals surface area contributed by atoms with Gasteiger partial charge in [0.2, 0.25) is 11.8 Å². The van der Waals surface area contributed by atoms with E-state index in [-0.39, 0.29) is 46.8 Å².